The Bertz CT molecular complexity index is 295. The van der Waals surface area contributed by atoms with Crippen molar-refractivity contribution < 1.29 is 5.11 Å². The van der Waals surface area contributed by atoms with Crippen molar-refractivity contribution in [3.63, 3.8) is 0 Å². The maximum atomic E-state index is 9.02. The van der Waals surface area contributed by atoms with Gasteiger partial charge in [-0.15, -0.1) is 0 Å². The topological polar surface area (TPSA) is 38.1 Å². The van der Waals surface area contributed by atoms with Crippen LogP contribution in [0.4, 0.5) is 0 Å². The van der Waals surface area contributed by atoms with E-state index in [1.54, 1.807) is 0 Å². The van der Waals surface area contributed by atoms with Crippen LogP contribution < -0.4 is 0 Å². The number of aliphatic hydroxyl groups is 1. The molecule has 0 fully saturated rings. The van der Waals surface area contributed by atoms with E-state index in [-0.39, 0.29) is 6.61 Å². The summed E-state index contributed by atoms with van der Waals surface area (Å²) < 4.78 is 2.03. The van der Waals surface area contributed by atoms with Crippen molar-refractivity contribution in [3.8, 4) is 0 Å². The van der Waals surface area contributed by atoms with E-state index >= 15 is 0 Å². The molecule has 0 atom stereocenters. The predicted molar refractivity (Wildman–Crippen MR) is 46.1 cm³/mol. The molecule has 1 aromatic rings. The molecule has 3 nitrogen and oxygen atoms in total. The molecule has 0 bridgehead atoms. The van der Waals surface area contributed by atoms with Gasteiger partial charge in [0.05, 0.1) is 12.3 Å². The van der Waals surface area contributed by atoms with E-state index in [9.17, 15) is 0 Å². The van der Waals surface area contributed by atoms with E-state index in [0.717, 1.165) is 30.9 Å². The number of nitrogens with zero attached hydrogens (tertiary/aromatic N) is 2. The molecule has 66 valence electrons. The number of fused-ring (bicyclic) bond motifs is 1. The minimum Gasteiger partial charge on any atom is -0.390 e. The van der Waals surface area contributed by atoms with Crippen molar-refractivity contribution in [2.75, 3.05) is 0 Å². The fourth-order valence-electron chi connectivity index (χ4n) is 1.66. The van der Waals surface area contributed by atoms with Crippen LogP contribution in [-0.2, 0) is 19.6 Å². The van der Waals surface area contributed by atoms with Gasteiger partial charge in [-0.25, -0.2) is 4.98 Å². The van der Waals surface area contributed by atoms with Gasteiger partial charge in [0.25, 0.3) is 0 Å². The molecule has 0 radical (unpaired) electrons. The Morgan fingerprint density at radius 2 is 2.33 bits per heavy atom. The average molecular weight is 187 g/mol. The standard InChI is InChI=1S/C8H11ClN2O/c9-8-6(5-12)11-4-2-1-3-7(11)10-8/h12H,1-5H2. The number of hydrogen-bond donors (Lipinski definition) is 1. The zero-order chi connectivity index (χ0) is 8.55. The normalized spacial score (nSPS) is 16.2. The summed E-state index contributed by atoms with van der Waals surface area (Å²) in [5.41, 5.74) is 0.770. The fraction of sp³-hybridized carbons (Fsp3) is 0.625. The van der Waals surface area contributed by atoms with Crippen LogP contribution in [0, 0.1) is 0 Å². The summed E-state index contributed by atoms with van der Waals surface area (Å²) in [6.07, 6.45) is 3.32. The lowest BCUT2D eigenvalue weighted by Gasteiger charge is -2.14. The summed E-state index contributed by atoms with van der Waals surface area (Å²) in [5, 5.41) is 9.49. The highest BCUT2D eigenvalue weighted by Gasteiger charge is 2.17. The molecule has 1 aliphatic rings. The highest BCUT2D eigenvalue weighted by atomic mass is 35.5. The lowest BCUT2D eigenvalue weighted by atomic mass is 10.2. The molecule has 0 unspecified atom stereocenters. The van der Waals surface area contributed by atoms with Crippen LogP contribution in [0.15, 0.2) is 0 Å². The van der Waals surface area contributed by atoms with Gasteiger partial charge in [0.15, 0.2) is 5.15 Å². The first-order valence-corrected chi connectivity index (χ1v) is 4.55. The molecule has 0 saturated heterocycles. The van der Waals surface area contributed by atoms with Gasteiger partial charge in [0, 0.05) is 13.0 Å². The second-order valence-electron chi connectivity index (χ2n) is 3.03. The smallest absolute Gasteiger partial charge is 0.152 e. The molecule has 2 heterocycles. The van der Waals surface area contributed by atoms with Crippen LogP contribution in [0.3, 0.4) is 0 Å². The van der Waals surface area contributed by atoms with Crippen LogP contribution in [0.2, 0.25) is 5.15 Å². The highest BCUT2D eigenvalue weighted by Crippen LogP contribution is 2.22. The van der Waals surface area contributed by atoms with Gasteiger partial charge in [-0.2, -0.15) is 0 Å². The third-order valence-corrected chi connectivity index (χ3v) is 2.59. The molecule has 12 heavy (non-hydrogen) atoms. The fourth-order valence-corrected chi connectivity index (χ4v) is 1.92. The zero-order valence-electron chi connectivity index (χ0n) is 6.76. The van der Waals surface area contributed by atoms with Crippen LogP contribution in [0.1, 0.15) is 24.4 Å². The molecule has 0 aliphatic carbocycles. The summed E-state index contributed by atoms with van der Waals surface area (Å²) >= 11 is 5.84. The summed E-state index contributed by atoms with van der Waals surface area (Å²) in [6.45, 7) is 0.941. The number of rotatable bonds is 1. The van der Waals surface area contributed by atoms with Crippen molar-refractivity contribution in [2.45, 2.75) is 32.4 Å². The third-order valence-electron chi connectivity index (χ3n) is 2.28. The third kappa shape index (κ3) is 1.13. The number of aryl methyl sites for hydroxylation is 1. The van der Waals surface area contributed by atoms with Crippen molar-refractivity contribution >= 4 is 11.6 Å². The van der Waals surface area contributed by atoms with E-state index in [2.05, 4.69) is 4.98 Å². The van der Waals surface area contributed by atoms with Gasteiger partial charge in [0.1, 0.15) is 5.82 Å². The molecule has 4 heteroatoms. The monoisotopic (exact) mass is 186 g/mol. The molecule has 0 saturated carbocycles. The first-order valence-electron chi connectivity index (χ1n) is 4.17. The molecular formula is C8H11ClN2O. The van der Waals surface area contributed by atoms with Gasteiger partial charge in [0.2, 0.25) is 0 Å². The zero-order valence-corrected chi connectivity index (χ0v) is 7.51. The Balaban J connectivity index is 2.46. The molecule has 1 aliphatic heterocycles. The van der Waals surface area contributed by atoms with Gasteiger partial charge < -0.3 is 9.67 Å². The number of aromatic nitrogens is 2. The minimum absolute atomic E-state index is 0.00810. The Morgan fingerprint density at radius 1 is 1.50 bits per heavy atom. The van der Waals surface area contributed by atoms with E-state index in [4.69, 9.17) is 16.7 Å². The van der Waals surface area contributed by atoms with Gasteiger partial charge >= 0.3 is 0 Å². The van der Waals surface area contributed by atoms with Crippen LogP contribution in [0.25, 0.3) is 0 Å². The SMILES string of the molecule is OCc1c(Cl)nc2n1CCCC2. The Morgan fingerprint density at radius 3 is 3.08 bits per heavy atom. The lowest BCUT2D eigenvalue weighted by Crippen LogP contribution is -2.12. The number of hydrogen-bond acceptors (Lipinski definition) is 2. The maximum Gasteiger partial charge on any atom is 0.152 e. The largest absolute Gasteiger partial charge is 0.390 e. The first kappa shape index (κ1) is 8.08. The molecule has 2 rings (SSSR count). The Hall–Kier alpha value is -0.540. The number of aliphatic hydroxyl groups excluding tert-OH is 1. The second kappa shape index (κ2) is 3.07. The number of imidazole rings is 1. The lowest BCUT2D eigenvalue weighted by molar-refractivity contribution is 0.268. The molecule has 1 aromatic heterocycles. The van der Waals surface area contributed by atoms with E-state index < -0.39 is 0 Å². The molecule has 0 spiro atoms. The summed E-state index contributed by atoms with van der Waals surface area (Å²) in [5.74, 6) is 1.02. The van der Waals surface area contributed by atoms with Crippen molar-refractivity contribution in [1.29, 1.82) is 0 Å². The summed E-state index contributed by atoms with van der Waals surface area (Å²) in [4.78, 5) is 4.19. The van der Waals surface area contributed by atoms with Crippen molar-refractivity contribution in [1.82, 2.24) is 9.55 Å². The van der Waals surface area contributed by atoms with Crippen molar-refractivity contribution in [3.05, 3.63) is 16.7 Å². The summed E-state index contributed by atoms with van der Waals surface area (Å²) in [7, 11) is 0. The first-order chi connectivity index (χ1) is 5.83. The Labute approximate surface area is 76.0 Å². The van der Waals surface area contributed by atoms with E-state index in [1.807, 2.05) is 4.57 Å². The van der Waals surface area contributed by atoms with Crippen molar-refractivity contribution in [2.24, 2.45) is 0 Å². The number of halogens is 1. The predicted octanol–water partition coefficient (Wildman–Crippen LogP) is 1.37. The Kier molecular flexibility index (Phi) is 2.07. The van der Waals surface area contributed by atoms with Gasteiger partial charge in [-0.05, 0) is 12.8 Å². The molecule has 0 aromatic carbocycles. The maximum absolute atomic E-state index is 9.02. The molecule has 1 N–H and O–H groups in total. The molecule has 0 amide bonds. The van der Waals surface area contributed by atoms with E-state index in [0.29, 0.717) is 5.15 Å². The van der Waals surface area contributed by atoms with Gasteiger partial charge in [-0.1, -0.05) is 11.6 Å². The van der Waals surface area contributed by atoms with Gasteiger partial charge in [-0.3, -0.25) is 0 Å². The van der Waals surface area contributed by atoms with E-state index in [1.165, 1.54) is 6.42 Å². The second-order valence-corrected chi connectivity index (χ2v) is 3.39. The summed E-state index contributed by atoms with van der Waals surface area (Å²) in [6, 6.07) is 0. The minimum atomic E-state index is -0.00810. The van der Waals surface area contributed by atoms with Crippen LogP contribution in [0.5, 0.6) is 0 Å². The van der Waals surface area contributed by atoms with Crippen LogP contribution >= 0.6 is 11.6 Å². The quantitative estimate of drug-likeness (QED) is 0.720. The average Bonchev–Trinajstić information content (AvgIpc) is 2.40. The van der Waals surface area contributed by atoms with Crippen LogP contribution in [-0.4, -0.2) is 14.7 Å². The molecular weight excluding hydrogens is 176 g/mol. The highest BCUT2D eigenvalue weighted by molar-refractivity contribution is 6.30.